The molecular weight excluding hydrogens is 327 g/mol. The zero-order valence-corrected chi connectivity index (χ0v) is 14.5. The van der Waals surface area contributed by atoms with E-state index >= 15 is 0 Å². The van der Waals surface area contributed by atoms with Crippen LogP contribution in [-0.4, -0.2) is 35.7 Å². The van der Waals surface area contributed by atoms with Crippen molar-refractivity contribution in [1.82, 2.24) is 4.90 Å². The third-order valence-electron chi connectivity index (χ3n) is 3.72. The molecule has 0 bridgehead atoms. The van der Waals surface area contributed by atoms with Gasteiger partial charge in [0.2, 0.25) is 5.91 Å². The van der Waals surface area contributed by atoms with Crippen LogP contribution in [0.5, 0.6) is 0 Å². The Morgan fingerprint density at radius 3 is 2.67 bits per heavy atom. The fourth-order valence-electron chi connectivity index (χ4n) is 2.58. The van der Waals surface area contributed by atoms with E-state index in [0.29, 0.717) is 24.3 Å². The Labute approximate surface area is 142 Å². The highest BCUT2D eigenvalue weighted by Gasteiger charge is 2.31. The van der Waals surface area contributed by atoms with Crippen LogP contribution in [0.4, 0.5) is 0 Å². The minimum absolute atomic E-state index is 0. The highest BCUT2D eigenvalue weighted by atomic mass is 35.5. The zero-order chi connectivity index (χ0) is 14.5. The number of hydrogen-bond acceptors (Lipinski definition) is 3. The van der Waals surface area contributed by atoms with Gasteiger partial charge in [-0.25, -0.2) is 0 Å². The molecule has 1 aromatic rings. The van der Waals surface area contributed by atoms with Crippen molar-refractivity contribution in [3.8, 4) is 0 Å². The fraction of sp³-hybridized carbons (Fsp3) is 0.533. The second-order valence-electron chi connectivity index (χ2n) is 5.35. The molecule has 2 rings (SSSR count). The SMILES string of the molecule is CC1CC(CN)CN1C(=O)CSCc1ccc(Cl)cc1.Cl. The molecule has 1 heterocycles. The molecule has 0 radical (unpaired) electrons. The monoisotopic (exact) mass is 348 g/mol. The van der Waals surface area contributed by atoms with Gasteiger partial charge in [-0.1, -0.05) is 23.7 Å². The molecule has 1 fully saturated rings. The average Bonchev–Trinajstić information content (AvgIpc) is 2.82. The second-order valence-corrected chi connectivity index (χ2v) is 6.77. The standard InChI is InChI=1S/C15H21ClN2OS.ClH/c1-11-6-13(7-17)8-18(11)15(19)10-20-9-12-2-4-14(16)5-3-12;/h2-5,11,13H,6-10,17H2,1H3;1H. The van der Waals surface area contributed by atoms with Crippen molar-refractivity contribution in [1.29, 1.82) is 0 Å². The van der Waals surface area contributed by atoms with Crippen molar-refractivity contribution in [3.05, 3.63) is 34.9 Å². The maximum absolute atomic E-state index is 12.2. The first kappa shape index (κ1) is 18.6. The number of thioether (sulfide) groups is 1. The molecule has 1 aliphatic heterocycles. The number of halogens is 2. The topological polar surface area (TPSA) is 46.3 Å². The lowest BCUT2D eigenvalue weighted by molar-refractivity contribution is -0.128. The van der Waals surface area contributed by atoms with Crippen LogP contribution in [0, 0.1) is 5.92 Å². The number of hydrogen-bond donors (Lipinski definition) is 1. The van der Waals surface area contributed by atoms with Gasteiger partial charge >= 0.3 is 0 Å². The molecule has 1 saturated heterocycles. The van der Waals surface area contributed by atoms with Crippen molar-refractivity contribution in [2.24, 2.45) is 11.7 Å². The van der Waals surface area contributed by atoms with Gasteiger partial charge in [-0.2, -0.15) is 0 Å². The summed E-state index contributed by atoms with van der Waals surface area (Å²) in [5.74, 6) is 2.07. The van der Waals surface area contributed by atoms with Gasteiger partial charge in [-0.15, -0.1) is 24.2 Å². The number of likely N-dealkylation sites (tertiary alicyclic amines) is 1. The fourth-order valence-corrected chi connectivity index (χ4v) is 3.58. The number of benzene rings is 1. The van der Waals surface area contributed by atoms with E-state index in [1.54, 1.807) is 11.8 Å². The molecule has 6 heteroatoms. The first-order valence-corrected chi connectivity index (χ1v) is 8.45. The van der Waals surface area contributed by atoms with E-state index < -0.39 is 0 Å². The molecule has 2 N–H and O–H groups in total. The molecule has 21 heavy (non-hydrogen) atoms. The minimum Gasteiger partial charge on any atom is -0.339 e. The molecule has 0 saturated carbocycles. The van der Waals surface area contributed by atoms with Crippen molar-refractivity contribution < 1.29 is 4.79 Å². The Morgan fingerprint density at radius 2 is 2.10 bits per heavy atom. The predicted octanol–water partition coefficient (Wildman–Crippen LogP) is 3.19. The number of nitrogens with zero attached hydrogens (tertiary/aromatic N) is 1. The molecule has 0 spiro atoms. The van der Waals surface area contributed by atoms with Gasteiger partial charge < -0.3 is 10.6 Å². The highest BCUT2D eigenvalue weighted by Crippen LogP contribution is 2.23. The van der Waals surface area contributed by atoms with E-state index in [4.69, 9.17) is 17.3 Å². The van der Waals surface area contributed by atoms with Gasteiger partial charge in [0.15, 0.2) is 0 Å². The van der Waals surface area contributed by atoms with Crippen LogP contribution in [0.25, 0.3) is 0 Å². The molecule has 1 amide bonds. The normalized spacial score (nSPS) is 21.2. The van der Waals surface area contributed by atoms with E-state index in [0.717, 1.165) is 23.7 Å². The summed E-state index contributed by atoms with van der Waals surface area (Å²) < 4.78 is 0. The number of nitrogens with two attached hydrogens (primary N) is 1. The molecular formula is C15H22Cl2N2OS. The van der Waals surface area contributed by atoms with Crippen LogP contribution in [0.15, 0.2) is 24.3 Å². The number of carbonyl (C=O) groups excluding carboxylic acids is 1. The summed E-state index contributed by atoms with van der Waals surface area (Å²) in [6.07, 6.45) is 1.03. The van der Waals surface area contributed by atoms with Crippen molar-refractivity contribution in [3.63, 3.8) is 0 Å². The summed E-state index contributed by atoms with van der Waals surface area (Å²) in [5.41, 5.74) is 6.89. The summed E-state index contributed by atoms with van der Waals surface area (Å²) in [6.45, 7) is 3.60. The molecule has 2 unspecified atom stereocenters. The average molecular weight is 349 g/mol. The van der Waals surface area contributed by atoms with Crippen molar-refractivity contribution in [2.75, 3.05) is 18.8 Å². The Bertz CT molecular complexity index is 455. The van der Waals surface area contributed by atoms with Crippen LogP contribution >= 0.6 is 35.8 Å². The highest BCUT2D eigenvalue weighted by molar-refractivity contribution is 7.99. The van der Waals surface area contributed by atoms with E-state index in [2.05, 4.69) is 6.92 Å². The summed E-state index contributed by atoms with van der Waals surface area (Å²) in [7, 11) is 0. The number of carbonyl (C=O) groups is 1. The molecule has 2 atom stereocenters. The van der Waals surface area contributed by atoms with Crippen LogP contribution in [0.3, 0.4) is 0 Å². The summed E-state index contributed by atoms with van der Waals surface area (Å²) in [5, 5.41) is 0.744. The Kier molecular flexibility index (Phi) is 7.88. The van der Waals surface area contributed by atoms with Gasteiger partial charge in [0.1, 0.15) is 0 Å². The Hall–Kier alpha value is -0.420. The maximum atomic E-state index is 12.2. The lowest BCUT2D eigenvalue weighted by atomic mass is 10.1. The van der Waals surface area contributed by atoms with Crippen LogP contribution in [0.2, 0.25) is 5.02 Å². The smallest absolute Gasteiger partial charge is 0.232 e. The molecule has 1 aromatic carbocycles. The van der Waals surface area contributed by atoms with E-state index in [1.807, 2.05) is 29.2 Å². The second kappa shape index (κ2) is 8.89. The largest absolute Gasteiger partial charge is 0.339 e. The Morgan fingerprint density at radius 1 is 1.43 bits per heavy atom. The van der Waals surface area contributed by atoms with Gasteiger partial charge in [0, 0.05) is 23.4 Å². The van der Waals surface area contributed by atoms with Gasteiger partial charge in [0.25, 0.3) is 0 Å². The van der Waals surface area contributed by atoms with Crippen molar-refractivity contribution in [2.45, 2.75) is 25.1 Å². The van der Waals surface area contributed by atoms with Crippen LogP contribution in [-0.2, 0) is 10.5 Å². The third kappa shape index (κ3) is 5.37. The number of rotatable bonds is 5. The van der Waals surface area contributed by atoms with Gasteiger partial charge in [-0.05, 0) is 43.5 Å². The third-order valence-corrected chi connectivity index (χ3v) is 4.96. The van der Waals surface area contributed by atoms with Crippen molar-refractivity contribution >= 4 is 41.7 Å². The quantitative estimate of drug-likeness (QED) is 0.888. The van der Waals surface area contributed by atoms with Gasteiger partial charge in [-0.3, -0.25) is 4.79 Å². The number of amides is 1. The van der Waals surface area contributed by atoms with Crippen LogP contribution in [0.1, 0.15) is 18.9 Å². The summed E-state index contributed by atoms with van der Waals surface area (Å²) >= 11 is 7.50. The predicted molar refractivity (Wildman–Crippen MR) is 93.2 cm³/mol. The van der Waals surface area contributed by atoms with E-state index in [-0.39, 0.29) is 18.3 Å². The lowest BCUT2D eigenvalue weighted by Gasteiger charge is -2.21. The van der Waals surface area contributed by atoms with Crippen LogP contribution < -0.4 is 5.73 Å². The molecule has 118 valence electrons. The first-order valence-electron chi connectivity index (χ1n) is 6.92. The molecule has 3 nitrogen and oxygen atoms in total. The molecule has 0 aromatic heterocycles. The first-order chi connectivity index (χ1) is 9.60. The zero-order valence-electron chi connectivity index (χ0n) is 12.1. The summed E-state index contributed by atoms with van der Waals surface area (Å²) in [6, 6.07) is 8.10. The van der Waals surface area contributed by atoms with Gasteiger partial charge in [0.05, 0.1) is 5.75 Å². The Balaban J connectivity index is 0.00000220. The van der Waals surface area contributed by atoms with E-state index in [1.165, 1.54) is 5.56 Å². The molecule has 1 aliphatic rings. The summed E-state index contributed by atoms with van der Waals surface area (Å²) in [4.78, 5) is 14.2. The van der Waals surface area contributed by atoms with E-state index in [9.17, 15) is 4.79 Å². The maximum Gasteiger partial charge on any atom is 0.232 e. The minimum atomic E-state index is 0. The lowest BCUT2D eigenvalue weighted by Crippen LogP contribution is -2.35. The molecule has 0 aliphatic carbocycles.